The van der Waals surface area contributed by atoms with Crippen molar-refractivity contribution in [3.63, 3.8) is 0 Å². The van der Waals surface area contributed by atoms with Crippen molar-refractivity contribution < 1.29 is 49.1 Å². The Morgan fingerprint density at radius 3 is 1.98 bits per heavy atom. The van der Waals surface area contributed by atoms with Crippen molar-refractivity contribution >= 4 is 29.6 Å². The minimum Gasteiger partial charge on any atom is -0.494 e. The van der Waals surface area contributed by atoms with Crippen LogP contribution in [0.1, 0.15) is 109 Å². The molecular formula is C34H51NO10. The predicted octanol–water partition coefficient (Wildman–Crippen LogP) is 5.32. The first-order valence-corrected chi connectivity index (χ1v) is 16.0. The summed E-state index contributed by atoms with van der Waals surface area (Å²) in [7, 11) is 0. The van der Waals surface area contributed by atoms with Crippen molar-refractivity contribution in [3.8, 4) is 5.75 Å². The van der Waals surface area contributed by atoms with Gasteiger partial charge in [0.2, 0.25) is 5.91 Å². The monoisotopic (exact) mass is 633 g/mol. The minimum atomic E-state index is -3.01. The number of amides is 1. The number of unbranched alkanes of at least 4 members (excludes halogenated alkanes) is 8. The normalized spacial score (nSPS) is 13.9. The van der Waals surface area contributed by atoms with Gasteiger partial charge in [-0.25, -0.2) is 9.59 Å². The number of ketones is 1. The predicted molar refractivity (Wildman–Crippen MR) is 169 cm³/mol. The first kappa shape index (κ1) is 39.3. The van der Waals surface area contributed by atoms with E-state index in [0.717, 1.165) is 57.4 Å². The molecule has 1 aromatic rings. The molecule has 0 aliphatic rings. The summed E-state index contributed by atoms with van der Waals surface area (Å²) in [6.07, 6.45) is 12.1. The number of Topliss-reactive ketones (excluding diaryl/α,β-unsaturated/α-hetero) is 1. The van der Waals surface area contributed by atoms with Gasteiger partial charge in [0.15, 0.2) is 5.60 Å². The van der Waals surface area contributed by atoms with Crippen LogP contribution in [0.2, 0.25) is 0 Å². The number of benzene rings is 1. The second kappa shape index (κ2) is 21.9. The van der Waals surface area contributed by atoms with Crippen molar-refractivity contribution in [3.05, 3.63) is 42.0 Å². The van der Waals surface area contributed by atoms with Crippen LogP contribution in [-0.4, -0.2) is 68.3 Å². The van der Waals surface area contributed by atoms with Crippen LogP contribution >= 0.6 is 0 Å². The van der Waals surface area contributed by atoms with Crippen LogP contribution in [0.3, 0.4) is 0 Å². The smallest absolute Gasteiger partial charge is 0.337 e. The third kappa shape index (κ3) is 15.7. The number of hydrogen-bond acceptors (Lipinski definition) is 7. The summed E-state index contributed by atoms with van der Waals surface area (Å²) in [5, 5.41) is 41.9. The summed E-state index contributed by atoms with van der Waals surface area (Å²) in [6, 6.07) is 5.15. The number of ether oxygens (including phenoxy) is 1. The van der Waals surface area contributed by atoms with E-state index < -0.39 is 47.8 Å². The molecule has 0 saturated heterocycles. The van der Waals surface area contributed by atoms with Gasteiger partial charge in [0, 0.05) is 19.3 Å². The Labute approximate surface area is 266 Å². The zero-order chi connectivity index (χ0) is 33.7. The van der Waals surface area contributed by atoms with Gasteiger partial charge in [-0.05, 0) is 49.8 Å². The fourth-order valence-corrected chi connectivity index (χ4v) is 4.87. The zero-order valence-electron chi connectivity index (χ0n) is 26.7. The number of carbonyl (C=O) groups is 5. The molecule has 0 aliphatic carbocycles. The van der Waals surface area contributed by atoms with Crippen molar-refractivity contribution in [2.75, 3.05) is 6.61 Å². The summed E-state index contributed by atoms with van der Waals surface area (Å²) >= 11 is 0. The lowest BCUT2D eigenvalue weighted by Gasteiger charge is -2.29. The van der Waals surface area contributed by atoms with Crippen LogP contribution < -0.4 is 10.1 Å². The van der Waals surface area contributed by atoms with Gasteiger partial charge in [-0.2, -0.15) is 0 Å². The van der Waals surface area contributed by atoms with E-state index in [9.17, 15) is 44.4 Å². The Hall–Kier alpha value is -3.73. The molecule has 0 spiro atoms. The molecule has 11 nitrogen and oxygen atoms in total. The Morgan fingerprint density at radius 1 is 0.844 bits per heavy atom. The summed E-state index contributed by atoms with van der Waals surface area (Å²) < 4.78 is 5.52. The second-order valence-electron chi connectivity index (χ2n) is 11.5. The molecule has 1 aromatic carbocycles. The number of nitrogens with one attached hydrogen (secondary N) is 1. The third-order valence-electron chi connectivity index (χ3n) is 7.50. The number of aliphatic hydroxyl groups is 1. The van der Waals surface area contributed by atoms with Crippen molar-refractivity contribution in [2.24, 2.45) is 5.92 Å². The number of allylic oxidation sites excluding steroid dienone is 1. The van der Waals surface area contributed by atoms with E-state index in [-0.39, 0.29) is 12.2 Å². The average Bonchev–Trinajstić information content (AvgIpc) is 2.98. The van der Waals surface area contributed by atoms with E-state index in [2.05, 4.69) is 12.2 Å². The topological polar surface area (TPSA) is 188 Å². The second-order valence-corrected chi connectivity index (χ2v) is 11.5. The molecule has 1 rings (SSSR count). The standard InChI is InChI=1S/C34H51NO10/c1-3-5-6-9-12-15-26(36)16-13-10-7-8-11-14-17-28(34(44,33(42)43)24-30(37)38)31(39)35-29(32(40)41)23-25-18-20-27(21-19-25)45-22-4-2/h14,17-21,28-29,44H,3-13,15-16,22-24H2,1-2H3,(H,35,39)(H,37,38)(H,40,41)(H,42,43)/t28-,29+,34+/m1/s1. The third-order valence-corrected chi connectivity index (χ3v) is 7.50. The molecule has 0 aromatic heterocycles. The van der Waals surface area contributed by atoms with Gasteiger partial charge < -0.3 is 30.5 Å². The number of carboxylic acid groups (broad SMARTS) is 3. The SMILES string of the molecule is CCCCCCCC(=O)CCCCCCC=C[C@H](C(=O)N[C@@H](Cc1ccc(OCCC)cc1)C(=O)O)[C@@](O)(CC(=O)O)C(=O)O. The molecule has 0 unspecified atom stereocenters. The molecule has 0 aliphatic heterocycles. The van der Waals surface area contributed by atoms with Gasteiger partial charge in [-0.15, -0.1) is 0 Å². The van der Waals surface area contributed by atoms with Gasteiger partial charge in [0.1, 0.15) is 17.6 Å². The van der Waals surface area contributed by atoms with Crippen molar-refractivity contribution in [2.45, 2.75) is 122 Å². The summed E-state index contributed by atoms with van der Waals surface area (Å²) in [5.74, 6) is -7.06. The van der Waals surface area contributed by atoms with Gasteiger partial charge in [0.25, 0.3) is 0 Å². The van der Waals surface area contributed by atoms with Crippen molar-refractivity contribution in [1.82, 2.24) is 5.32 Å². The lowest BCUT2D eigenvalue weighted by molar-refractivity contribution is -0.172. The maximum absolute atomic E-state index is 13.3. The van der Waals surface area contributed by atoms with E-state index in [1.54, 1.807) is 24.3 Å². The Morgan fingerprint density at radius 2 is 1.44 bits per heavy atom. The lowest BCUT2D eigenvalue weighted by Crippen LogP contribution is -2.55. The molecule has 0 heterocycles. The van der Waals surface area contributed by atoms with Crippen LogP contribution in [0.25, 0.3) is 0 Å². The number of carboxylic acids is 3. The summed E-state index contributed by atoms with van der Waals surface area (Å²) in [6.45, 7) is 4.63. The highest BCUT2D eigenvalue weighted by molar-refractivity contribution is 5.94. The Bertz CT molecular complexity index is 1100. The van der Waals surface area contributed by atoms with Crippen LogP contribution in [-0.2, 0) is 30.4 Å². The molecule has 11 heteroatoms. The first-order valence-electron chi connectivity index (χ1n) is 16.0. The zero-order valence-corrected chi connectivity index (χ0v) is 26.7. The quantitative estimate of drug-likeness (QED) is 0.0660. The number of rotatable bonds is 26. The summed E-state index contributed by atoms with van der Waals surface area (Å²) in [4.78, 5) is 60.7. The highest BCUT2D eigenvalue weighted by Crippen LogP contribution is 2.26. The number of aliphatic carboxylic acids is 3. The molecule has 0 saturated carbocycles. The highest BCUT2D eigenvalue weighted by Gasteiger charge is 2.49. The van der Waals surface area contributed by atoms with Gasteiger partial charge in [-0.1, -0.05) is 76.7 Å². The van der Waals surface area contributed by atoms with Crippen LogP contribution in [0, 0.1) is 5.92 Å². The maximum atomic E-state index is 13.3. The molecule has 252 valence electrons. The fourth-order valence-electron chi connectivity index (χ4n) is 4.87. The van der Waals surface area contributed by atoms with E-state index in [0.29, 0.717) is 43.6 Å². The molecule has 1 amide bonds. The van der Waals surface area contributed by atoms with Crippen LogP contribution in [0.15, 0.2) is 36.4 Å². The fraction of sp³-hybridized carbons (Fsp3) is 0.618. The molecule has 0 radical (unpaired) electrons. The van der Waals surface area contributed by atoms with Crippen LogP contribution in [0.5, 0.6) is 5.75 Å². The Kier molecular flexibility index (Phi) is 19.1. The van der Waals surface area contributed by atoms with Gasteiger partial charge >= 0.3 is 17.9 Å². The van der Waals surface area contributed by atoms with E-state index in [1.807, 2.05) is 6.92 Å². The average molecular weight is 634 g/mol. The molecule has 5 N–H and O–H groups in total. The maximum Gasteiger partial charge on any atom is 0.337 e. The van der Waals surface area contributed by atoms with E-state index in [4.69, 9.17) is 4.74 Å². The van der Waals surface area contributed by atoms with Crippen molar-refractivity contribution in [1.29, 1.82) is 0 Å². The number of carbonyl (C=O) groups excluding carboxylic acids is 2. The number of hydrogen-bond donors (Lipinski definition) is 5. The molecule has 0 bridgehead atoms. The lowest BCUT2D eigenvalue weighted by atomic mass is 9.82. The van der Waals surface area contributed by atoms with Gasteiger partial charge in [-0.3, -0.25) is 14.4 Å². The molecule has 45 heavy (non-hydrogen) atoms. The first-order chi connectivity index (χ1) is 21.4. The van der Waals surface area contributed by atoms with E-state index in [1.165, 1.54) is 12.5 Å². The Balaban J connectivity index is 2.81. The molecule has 3 atom stereocenters. The summed E-state index contributed by atoms with van der Waals surface area (Å²) in [5.41, 5.74) is -2.45. The van der Waals surface area contributed by atoms with E-state index >= 15 is 0 Å². The molecular weight excluding hydrogens is 582 g/mol. The molecule has 0 fully saturated rings. The van der Waals surface area contributed by atoms with Crippen LogP contribution in [0.4, 0.5) is 0 Å². The highest BCUT2D eigenvalue weighted by atomic mass is 16.5. The minimum absolute atomic E-state index is 0.142. The largest absolute Gasteiger partial charge is 0.494 e. The van der Waals surface area contributed by atoms with Gasteiger partial charge in [0.05, 0.1) is 18.9 Å².